The summed E-state index contributed by atoms with van der Waals surface area (Å²) in [6.07, 6.45) is 2.14. The Balaban J connectivity index is 1.53. The van der Waals surface area contributed by atoms with Gasteiger partial charge in [0.2, 0.25) is 0 Å². The topological polar surface area (TPSA) is 46.2 Å². The molecule has 0 heterocycles. The lowest BCUT2D eigenvalue weighted by molar-refractivity contribution is 0.0938. The molecule has 27 heavy (non-hydrogen) atoms. The van der Waals surface area contributed by atoms with E-state index in [0.717, 1.165) is 12.8 Å². The van der Waals surface area contributed by atoms with E-state index in [1.54, 1.807) is 36.4 Å². The molecular formula is C24H21NO2. The summed E-state index contributed by atoms with van der Waals surface area (Å²) in [5.41, 5.74) is 2.75. The smallest absolute Gasteiger partial charge is 0.252 e. The van der Waals surface area contributed by atoms with E-state index in [0.29, 0.717) is 23.2 Å². The Kier molecular flexibility index (Phi) is 4.59. The van der Waals surface area contributed by atoms with Crippen LogP contribution in [-0.2, 0) is 5.41 Å². The van der Waals surface area contributed by atoms with Crippen molar-refractivity contribution in [3.05, 3.63) is 107 Å². The van der Waals surface area contributed by atoms with Crippen LogP contribution in [0.2, 0.25) is 0 Å². The Morgan fingerprint density at radius 1 is 0.741 bits per heavy atom. The molecule has 0 aromatic heterocycles. The quantitative estimate of drug-likeness (QED) is 0.667. The minimum Gasteiger partial charge on any atom is -0.351 e. The molecule has 0 radical (unpaired) electrons. The molecule has 1 saturated carbocycles. The zero-order valence-electron chi connectivity index (χ0n) is 15.0. The fourth-order valence-corrected chi connectivity index (χ4v) is 3.48. The Morgan fingerprint density at radius 3 is 1.93 bits per heavy atom. The maximum absolute atomic E-state index is 12.8. The highest BCUT2D eigenvalue weighted by atomic mass is 16.2. The Hall–Kier alpha value is -3.20. The fourth-order valence-electron chi connectivity index (χ4n) is 3.48. The minimum absolute atomic E-state index is 0.0370. The molecule has 134 valence electrons. The number of benzene rings is 3. The highest BCUT2D eigenvalue weighted by Gasteiger charge is 2.44. The fraction of sp³-hybridized carbons (Fsp3) is 0.167. The van der Waals surface area contributed by atoms with E-state index in [9.17, 15) is 9.59 Å². The number of rotatable bonds is 6. The molecule has 0 bridgehead atoms. The van der Waals surface area contributed by atoms with Crippen LogP contribution in [0.5, 0.6) is 0 Å². The van der Waals surface area contributed by atoms with Gasteiger partial charge < -0.3 is 5.32 Å². The molecule has 3 aromatic carbocycles. The molecule has 0 atom stereocenters. The van der Waals surface area contributed by atoms with Crippen LogP contribution in [0.4, 0.5) is 0 Å². The van der Waals surface area contributed by atoms with Crippen LogP contribution in [0, 0.1) is 0 Å². The highest BCUT2D eigenvalue weighted by molar-refractivity contribution is 6.15. The van der Waals surface area contributed by atoms with Gasteiger partial charge in [0, 0.05) is 23.1 Å². The van der Waals surface area contributed by atoms with Crippen molar-refractivity contribution >= 4 is 11.7 Å². The molecule has 1 aliphatic carbocycles. The van der Waals surface area contributed by atoms with Gasteiger partial charge in [0.25, 0.3) is 5.91 Å². The van der Waals surface area contributed by atoms with E-state index in [1.165, 1.54) is 5.56 Å². The summed E-state index contributed by atoms with van der Waals surface area (Å²) in [7, 11) is 0. The van der Waals surface area contributed by atoms with Crippen LogP contribution in [0.1, 0.15) is 44.7 Å². The van der Waals surface area contributed by atoms with E-state index < -0.39 is 0 Å². The summed E-state index contributed by atoms with van der Waals surface area (Å²) in [5.74, 6) is -0.331. The molecule has 1 aliphatic rings. The molecule has 0 aliphatic heterocycles. The minimum atomic E-state index is -0.197. The van der Waals surface area contributed by atoms with Gasteiger partial charge in [-0.1, -0.05) is 78.9 Å². The summed E-state index contributed by atoms with van der Waals surface area (Å²) < 4.78 is 0. The first kappa shape index (κ1) is 17.2. The Bertz CT molecular complexity index is 960. The van der Waals surface area contributed by atoms with Crippen LogP contribution in [0.25, 0.3) is 0 Å². The summed E-state index contributed by atoms with van der Waals surface area (Å²) in [4.78, 5) is 25.7. The molecule has 1 fully saturated rings. The lowest BCUT2D eigenvalue weighted by Crippen LogP contribution is -2.33. The van der Waals surface area contributed by atoms with Crippen molar-refractivity contribution in [1.29, 1.82) is 0 Å². The van der Waals surface area contributed by atoms with Gasteiger partial charge in [-0.3, -0.25) is 9.59 Å². The number of hydrogen-bond donors (Lipinski definition) is 1. The standard InChI is InChI=1S/C24H21NO2/c26-22(18-9-3-1-4-10-18)20-13-7-8-14-21(20)23(27)25-17-24(15-16-24)19-11-5-2-6-12-19/h1-14H,15-17H2,(H,25,27). The van der Waals surface area contributed by atoms with Gasteiger partial charge in [-0.05, 0) is 24.5 Å². The van der Waals surface area contributed by atoms with Gasteiger partial charge in [-0.25, -0.2) is 0 Å². The average Bonchev–Trinajstić information content (AvgIpc) is 3.54. The van der Waals surface area contributed by atoms with Crippen LogP contribution in [0.3, 0.4) is 0 Å². The Morgan fingerprint density at radius 2 is 1.30 bits per heavy atom. The number of nitrogens with one attached hydrogen (secondary N) is 1. The maximum atomic E-state index is 12.8. The molecule has 3 aromatic rings. The van der Waals surface area contributed by atoms with Crippen LogP contribution < -0.4 is 5.32 Å². The first-order valence-electron chi connectivity index (χ1n) is 9.22. The molecule has 1 amide bonds. The number of carbonyl (C=O) groups excluding carboxylic acids is 2. The normalized spacial score (nSPS) is 14.4. The van der Waals surface area contributed by atoms with Crippen molar-refractivity contribution in [3.63, 3.8) is 0 Å². The van der Waals surface area contributed by atoms with E-state index in [1.807, 2.05) is 36.4 Å². The first-order valence-corrected chi connectivity index (χ1v) is 9.22. The third kappa shape index (κ3) is 3.54. The largest absolute Gasteiger partial charge is 0.351 e. The highest BCUT2D eigenvalue weighted by Crippen LogP contribution is 2.47. The van der Waals surface area contributed by atoms with Gasteiger partial charge in [0.15, 0.2) is 5.78 Å². The molecule has 0 saturated heterocycles. The van der Waals surface area contributed by atoms with Crippen molar-refractivity contribution < 1.29 is 9.59 Å². The molecular weight excluding hydrogens is 334 g/mol. The van der Waals surface area contributed by atoms with Crippen molar-refractivity contribution in [3.8, 4) is 0 Å². The molecule has 1 N–H and O–H groups in total. The van der Waals surface area contributed by atoms with Gasteiger partial charge >= 0.3 is 0 Å². The lowest BCUT2D eigenvalue weighted by Gasteiger charge is -2.17. The zero-order chi connectivity index (χ0) is 18.7. The first-order chi connectivity index (χ1) is 13.2. The number of hydrogen-bond acceptors (Lipinski definition) is 2. The van der Waals surface area contributed by atoms with Crippen molar-refractivity contribution in [1.82, 2.24) is 5.32 Å². The molecule has 0 spiro atoms. The van der Waals surface area contributed by atoms with Crippen LogP contribution >= 0.6 is 0 Å². The molecule has 3 nitrogen and oxygen atoms in total. The van der Waals surface area contributed by atoms with Gasteiger partial charge in [-0.2, -0.15) is 0 Å². The SMILES string of the molecule is O=C(NCC1(c2ccccc2)CC1)c1ccccc1C(=O)c1ccccc1. The predicted molar refractivity (Wildman–Crippen MR) is 106 cm³/mol. The zero-order valence-corrected chi connectivity index (χ0v) is 15.0. The second-order valence-corrected chi connectivity index (χ2v) is 7.07. The molecule has 3 heteroatoms. The van der Waals surface area contributed by atoms with Crippen molar-refractivity contribution in [2.24, 2.45) is 0 Å². The van der Waals surface area contributed by atoms with E-state index in [4.69, 9.17) is 0 Å². The van der Waals surface area contributed by atoms with Gasteiger partial charge in [0.1, 0.15) is 0 Å². The van der Waals surface area contributed by atoms with Crippen molar-refractivity contribution in [2.45, 2.75) is 18.3 Å². The third-order valence-corrected chi connectivity index (χ3v) is 5.28. The van der Waals surface area contributed by atoms with E-state index >= 15 is 0 Å². The summed E-state index contributed by atoms with van der Waals surface area (Å²) >= 11 is 0. The van der Waals surface area contributed by atoms with Gasteiger partial charge in [0.05, 0.1) is 5.56 Å². The molecule has 4 rings (SSSR count). The van der Waals surface area contributed by atoms with Crippen molar-refractivity contribution in [2.75, 3.05) is 6.54 Å². The second kappa shape index (κ2) is 7.20. The van der Waals surface area contributed by atoms with Crippen LogP contribution in [0.15, 0.2) is 84.9 Å². The average molecular weight is 355 g/mol. The Labute approximate surface area is 159 Å². The number of amides is 1. The second-order valence-electron chi connectivity index (χ2n) is 7.07. The third-order valence-electron chi connectivity index (χ3n) is 5.28. The monoisotopic (exact) mass is 355 g/mol. The summed E-state index contributed by atoms with van der Waals surface area (Å²) in [6, 6.07) is 26.4. The number of carbonyl (C=O) groups is 2. The molecule has 0 unspecified atom stereocenters. The van der Waals surface area contributed by atoms with E-state index in [2.05, 4.69) is 17.4 Å². The van der Waals surface area contributed by atoms with Crippen LogP contribution in [-0.4, -0.2) is 18.2 Å². The lowest BCUT2D eigenvalue weighted by atomic mass is 9.95. The summed E-state index contributed by atoms with van der Waals surface area (Å²) in [6.45, 7) is 0.587. The summed E-state index contributed by atoms with van der Waals surface area (Å²) in [5, 5.41) is 3.06. The maximum Gasteiger partial charge on any atom is 0.252 e. The number of ketones is 1. The van der Waals surface area contributed by atoms with E-state index in [-0.39, 0.29) is 17.1 Å². The predicted octanol–water partition coefficient (Wildman–Crippen LogP) is 4.38. The van der Waals surface area contributed by atoms with Gasteiger partial charge in [-0.15, -0.1) is 0 Å².